The first kappa shape index (κ1) is 58.8. The van der Waals surface area contributed by atoms with Gasteiger partial charge in [0.1, 0.15) is 43.1 Å². The second-order valence-corrected chi connectivity index (χ2v) is 36.0. The van der Waals surface area contributed by atoms with Crippen molar-refractivity contribution in [3.63, 3.8) is 0 Å². The summed E-state index contributed by atoms with van der Waals surface area (Å²) < 4.78 is 98.9. The van der Waals surface area contributed by atoms with Crippen molar-refractivity contribution < 1.29 is 40.6 Å². The number of carbonyl (C=O) groups is 1. The zero-order chi connectivity index (χ0) is 57.0. The Morgan fingerprint density at radius 1 is 0.756 bits per heavy atom. The van der Waals surface area contributed by atoms with E-state index < -0.39 is 68.8 Å². The molecule has 2 aromatic heterocycles. The van der Waals surface area contributed by atoms with Crippen LogP contribution >= 0.6 is 0 Å². The van der Waals surface area contributed by atoms with Crippen molar-refractivity contribution in [3.8, 4) is 34.5 Å². The number of benzene rings is 3. The zero-order valence-electron chi connectivity index (χ0n) is 48.6. The van der Waals surface area contributed by atoms with Gasteiger partial charge >= 0.3 is 12.1 Å². The van der Waals surface area contributed by atoms with Gasteiger partial charge in [-0.3, -0.25) is 14.9 Å². The number of halogens is 5. The van der Waals surface area contributed by atoms with Gasteiger partial charge < -0.3 is 13.9 Å². The zero-order valence-corrected chi connectivity index (χ0v) is 50.6. The number of nitrogens with zero attached hydrogens (tertiary/aromatic N) is 6. The summed E-state index contributed by atoms with van der Waals surface area (Å²) in [6, 6.07) is 8.41. The molecule has 0 spiro atoms. The molecule has 3 aliphatic rings. The predicted octanol–water partition coefficient (Wildman–Crippen LogP) is 16.6. The molecular weight excluding hydrogens is 1030 g/mol. The lowest BCUT2D eigenvalue weighted by atomic mass is 9.95. The molecule has 0 aliphatic carbocycles. The number of carbonyl (C=O) groups excluding carboxylic acids is 1. The van der Waals surface area contributed by atoms with Crippen molar-refractivity contribution in [2.24, 2.45) is 0 Å². The minimum absolute atomic E-state index is 0.0440. The maximum atomic E-state index is 18.7. The molecule has 0 N–H and O–H groups in total. The van der Waals surface area contributed by atoms with Crippen molar-refractivity contribution in [1.29, 1.82) is 0 Å². The third-order valence-electron chi connectivity index (χ3n) is 17.4. The molecule has 3 saturated heterocycles. The molecule has 3 aliphatic heterocycles. The number of rotatable bonds is 14. The van der Waals surface area contributed by atoms with Gasteiger partial charge in [-0.25, -0.2) is 31.8 Å². The van der Waals surface area contributed by atoms with Crippen LogP contribution in [0.3, 0.4) is 0 Å². The highest BCUT2D eigenvalue weighted by atomic mass is 28.4. The fourth-order valence-corrected chi connectivity index (χ4v) is 24.3. The van der Waals surface area contributed by atoms with Crippen LogP contribution in [0.25, 0.3) is 32.9 Å². The average molecular weight is 1110 g/mol. The van der Waals surface area contributed by atoms with E-state index in [2.05, 4.69) is 99.4 Å². The van der Waals surface area contributed by atoms with Crippen LogP contribution in [-0.4, -0.2) is 84.7 Å². The molecule has 0 radical (unpaired) electrons. The van der Waals surface area contributed by atoms with Crippen molar-refractivity contribution in [1.82, 2.24) is 24.9 Å². The lowest BCUT2D eigenvalue weighted by Crippen LogP contribution is -2.50. The van der Waals surface area contributed by atoms with Crippen molar-refractivity contribution in [2.75, 3.05) is 31.3 Å². The van der Waals surface area contributed by atoms with E-state index in [1.54, 1.807) is 37.9 Å². The van der Waals surface area contributed by atoms with Gasteiger partial charge in [0, 0.05) is 36.3 Å². The van der Waals surface area contributed by atoms with Gasteiger partial charge in [0.15, 0.2) is 29.1 Å². The number of hydrazine groups is 1. The van der Waals surface area contributed by atoms with Crippen LogP contribution in [0.2, 0.25) is 33.2 Å². The lowest BCUT2D eigenvalue weighted by molar-refractivity contribution is 0.0232. The van der Waals surface area contributed by atoms with Crippen LogP contribution in [0.15, 0.2) is 42.6 Å². The molecule has 17 heteroatoms. The molecule has 5 aromatic rings. The maximum absolute atomic E-state index is 18.7. The number of anilines is 1. The number of fused-ring (bicyclic) bond motifs is 3. The standard InChI is InChI=1S/C61H81F5N6O4Si2/c1-36(2)77(37(3)4,38(5)6)29-23-45-48(62)21-20-42-30-44(76-78(39(7)8,40(9)10)41(11)12)33-46(52(42)45)55-54(66)56-47(34-67-55)57(71-27-17-16-18-28-72(71)59(73)75-60(13,14)15)69-58(68-56)74-35-61-24-19-26-70(61)51(22-25-61)43-31-49(63)53(65)50(64)32-43/h20-21,30-34,36-41,51H,16-19,22,24-28,35H2,1-15H3/t51-,61+/m0/s1. The Labute approximate surface area is 461 Å². The third-order valence-corrected chi connectivity index (χ3v) is 29.7. The minimum atomic E-state index is -2.62. The van der Waals surface area contributed by atoms with Gasteiger partial charge in [0.05, 0.1) is 16.5 Å². The highest BCUT2D eigenvalue weighted by Crippen LogP contribution is 2.50. The number of amides is 1. The van der Waals surface area contributed by atoms with Gasteiger partial charge in [-0.05, 0) is 147 Å². The second-order valence-electron chi connectivity index (χ2n) is 25.0. The second kappa shape index (κ2) is 22.7. The van der Waals surface area contributed by atoms with Crippen molar-refractivity contribution in [3.05, 3.63) is 82.8 Å². The Morgan fingerprint density at radius 2 is 1.40 bits per heavy atom. The normalized spacial score (nSPS) is 18.8. The molecule has 422 valence electrons. The molecule has 2 atom stereocenters. The number of pyridine rings is 1. The van der Waals surface area contributed by atoms with E-state index in [4.69, 9.17) is 28.9 Å². The van der Waals surface area contributed by atoms with E-state index in [0.29, 0.717) is 73.8 Å². The van der Waals surface area contributed by atoms with Gasteiger partial charge in [-0.2, -0.15) is 9.97 Å². The number of hydrogen-bond acceptors (Lipinski definition) is 9. The van der Waals surface area contributed by atoms with Gasteiger partial charge in [-0.15, -0.1) is 5.54 Å². The average Bonchev–Trinajstić information content (AvgIpc) is 3.83. The molecular formula is C61H81F5N6O4Si2. The number of aromatic nitrogens is 3. The van der Waals surface area contributed by atoms with Gasteiger partial charge in [-0.1, -0.05) is 95.1 Å². The van der Waals surface area contributed by atoms with Crippen LogP contribution in [0.4, 0.5) is 32.6 Å². The summed E-state index contributed by atoms with van der Waals surface area (Å²) in [5.74, 6) is -1.25. The molecule has 78 heavy (non-hydrogen) atoms. The van der Waals surface area contributed by atoms with Crippen LogP contribution in [-0.2, 0) is 4.74 Å². The summed E-state index contributed by atoms with van der Waals surface area (Å²) in [6.45, 7) is 33.1. The Kier molecular flexibility index (Phi) is 17.1. The highest BCUT2D eigenvalue weighted by molar-refractivity contribution is 6.90. The first-order valence-corrected chi connectivity index (χ1v) is 32.7. The number of hydrogen-bond donors (Lipinski definition) is 0. The van der Waals surface area contributed by atoms with Gasteiger partial charge in [0.2, 0.25) is 0 Å². The fourth-order valence-electron chi connectivity index (χ4n) is 13.9. The molecule has 0 saturated carbocycles. The summed E-state index contributed by atoms with van der Waals surface area (Å²) in [5, 5.41) is 4.43. The predicted molar refractivity (Wildman–Crippen MR) is 306 cm³/mol. The van der Waals surface area contributed by atoms with Crippen LogP contribution in [0.1, 0.15) is 166 Å². The highest BCUT2D eigenvalue weighted by Gasteiger charge is 2.51. The quantitative estimate of drug-likeness (QED) is 0.0466. The lowest BCUT2D eigenvalue weighted by Gasteiger charge is -2.42. The van der Waals surface area contributed by atoms with E-state index >= 15 is 8.78 Å². The maximum Gasteiger partial charge on any atom is 0.429 e. The fraction of sp³-hybridized carbons (Fsp3) is 0.574. The molecule has 1 amide bonds. The first-order valence-electron chi connectivity index (χ1n) is 28.3. The van der Waals surface area contributed by atoms with Crippen molar-refractivity contribution >= 4 is 50.0 Å². The Balaban J connectivity index is 1.36. The number of ether oxygens (including phenoxy) is 2. The minimum Gasteiger partial charge on any atom is -0.543 e. The van der Waals surface area contributed by atoms with Gasteiger partial charge in [0.25, 0.3) is 8.32 Å². The van der Waals surface area contributed by atoms with E-state index in [1.807, 2.05) is 6.07 Å². The Hall–Kier alpha value is -5.32. The largest absolute Gasteiger partial charge is 0.543 e. The van der Waals surface area contributed by atoms with E-state index in [1.165, 1.54) is 17.3 Å². The first-order chi connectivity index (χ1) is 36.7. The van der Waals surface area contributed by atoms with E-state index in [9.17, 15) is 18.0 Å². The topological polar surface area (TPSA) is 93.2 Å². The van der Waals surface area contributed by atoms with E-state index in [0.717, 1.165) is 25.0 Å². The molecule has 3 fully saturated rings. The van der Waals surface area contributed by atoms with Crippen molar-refractivity contribution in [2.45, 2.75) is 199 Å². The summed E-state index contributed by atoms with van der Waals surface area (Å²) in [7, 11) is -5.03. The monoisotopic (exact) mass is 1110 g/mol. The van der Waals surface area contributed by atoms with Crippen LogP contribution < -0.4 is 14.2 Å². The van der Waals surface area contributed by atoms with E-state index in [-0.39, 0.29) is 79.4 Å². The smallest absolute Gasteiger partial charge is 0.429 e. The summed E-state index contributed by atoms with van der Waals surface area (Å²) >= 11 is 0. The molecule has 10 nitrogen and oxygen atoms in total. The summed E-state index contributed by atoms with van der Waals surface area (Å²) in [6.07, 6.45) is 5.66. The Bertz CT molecular complexity index is 3050. The summed E-state index contributed by atoms with van der Waals surface area (Å²) in [4.78, 5) is 31.1. The summed E-state index contributed by atoms with van der Waals surface area (Å²) in [5.41, 5.74) is 4.23. The molecule has 5 heterocycles. The third kappa shape index (κ3) is 10.9. The SMILES string of the molecule is CC(C)[Si](C#Cc1c(F)ccc2cc(O[Si](C(C)C)(C(C)C)C(C)C)cc(-c3ncc4c(N5CCCCCN5C(=O)OC(C)(C)C)nc(OC[C@]56CCCN5[C@H](c5cc(F)c(F)c(F)c5)CC6)nc4c3F)c12)(C(C)C)C(C)C. The van der Waals surface area contributed by atoms with Crippen LogP contribution in [0, 0.1) is 40.6 Å². The van der Waals surface area contributed by atoms with Crippen LogP contribution in [0.5, 0.6) is 11.8 Å². The molecule has 3 aromatic carbocycles. The molecule has 0 bridgehead atoms. The Morgan fingerprint density at radius 3 is 2.01 bits per heavy atom. The molecule has 0 unspecified atom stereocenters. The molecule has 8 rings (SSSR count).